The number of rotatable bonds is 4. The van der Waals surface area contributed by atoms with Crippen LogP contribution in [0, 0.1) is 17.0 Å². The molecule has 0 saturated carbocycles. The van der Waals surface area contributed by atoms with Crippen molar-refractivity contribution in [3.63, 3.8) is 0 Å². The molecule has 0 aromatic heterocycles. The number of carbonyl (C=O) groups is 1. The fourth-order valence-corrected chi connectivity index (χ4v) is 1.40. The predicted octanol–water partition coefficient (Wildman–Crippen LogP) is 1.58. The highest BCUT2D eigenvalue weighted by atomic mass is 16.6. The van der Waals surface area contributed by atoms with Gasteiger partial charge in [0, 0.05) is 30.3 Å². The van der Waals surface area contributed by atoms with E-state index in [-0.39, 0.29) is 24.1 Å². The van der Waals surface area contributed by atoms with E-state index in [1.165, 1.54) is 18.2 Å². The Bertz CT molecular complexity index is 444. The number of nitrogens with two attached hydrogens (primary N) is 1. The van der Waals surface area contributed by atoms with Crippen molar-refractivity contribution in [1.29, 1.82) is 0 Å². The normalized spacial score (nSPS) is 11.9. The van der Waals surface area contributed by atoms with E-state index in [1.807, 2.05) is 0 Å². The first-order chi connectivity index (χ1) is 7.90. The maximum atomic E-state index is 11.5. The van der Waals surface area contributed by atoms with Gasteiger partial charge in [-0.15, -0.1) is 0 Å². The summed E-state index contributed by atoms with van der Waals surface area (Å²) in [5, 5.41) is 13.2. The SMILES string of the molecule is Cc1cc([N+](=O)[O-])ccc1NC(=O)CC(C)N. The fraction of sp³-hybridized carbons (Fsp3) is 0.364. The summed E-state index contributed by atoms with van der Waals surface area (Å²) >= 11 is 0. The van der Waals surface area contributed by atoms with Crippen molar-refractivity contribution in [2.75, 3.05) is 5.32 Å². The van der Waals surface area contributed by atoms with Gasteiger partial charge in [0.2, 0.25) is 5.91 Å². The van der Waals surface area contributed by atoms with E-state index in [9.17, 15) is 14.9 Å². The van der Waals surface area contributed by atoms with E-state index in [1.54, 1.807) is 13.8 Å². The van der Waals surface area contributed by atoms with Gasteiger partial charge in [-0.2, -0.15) is 0 Å². The van der Waals surface area contributed by atoms with Crippen LogP contribution in [0.25, 0.3) is 0 Å². The quantitative estimate of drug-likeness (QED) is 0.613. The summed E-state index contributed by atoms with van der Waals surface area (Å²) in [6, 6.07) is 4.08. The number of nitro groups is 1. The van der Waals surface area contributed by atoms with Crippen LogP contribution in [0.15, 0.2) is 18.2 Å². The summed E-state index contributed by atoms with van der Waals surface area (Å²) in [6.45, 7) is 3.44. The third kappa shape index (κ3) is 3.84. The van der Waals surface area contributed by atoms with Crippen molar-refractivity contribution in [3.05, 3.63) is 33.9 Å². The third-order valence-corrected chi connectivity index (χ3v) is 2.20. The lowest BCUT2D eigenvalue weighted by molar-refractivity contribution is -0.384. The monoisotopic (exact) mass is 237 g/mol. The Morgan fingerprint density at radius 1 is 1.59 bits per heavy atom. The molecular formula is C11H15N3O3. The Labute approximate surface area is 99.0 Å². The summed E-state index contributed by atoms with van der Waals surface area (Å²) < 4.78 is 0. The average molecular weight is 237 g/mol. The van der Waals surface area contributed by atoms with Crippen LogP contribution < -0.4 is 11.1 Å². The first kappa shape index (κ1) is 13.1. The van der Waals surface area contributed by atoms with Gasteiger partial charge < -0.3 is 11.1 Å². The lowest BCUT2D eigenvalue weighted by atomic mass is 10.1. The topological polar surface area (TPSA) is 98.3 Å². The highest BCUT2D eigenvalue weighted by Gasteiger charge is 2.10. The smallest absolute Gasteiger partial charge is 0.269 e. The maximum Gasteiger partial charge on any atom is 0.269 e. The van der Waals surface area contributed by atoms with Crippen LogP contribution in [-0.4, -0.2) is 16.9 Å². The average Bonchev–Trinajstić information content (AvgIpc) is 2.19. The molecule has 17 heavy (non-hydrogen) atoms. The van der Waals surface area contributed by atoms with E-state index in [4.69, 9.17) is 5.73 Å². The van der Waals surface area contributed by atoms with Crippen molar-refractivity contribution >= 4 is 17.3 Å². The third-order valence-electron chi connectivity index (χ3n) is 2.20. The van der Waals surface area contributed by atoms with Gasteiger partial charge in [0.1, 0.15) is 0 Å². The van der Waals surface area contributed by atoms with E-state index in [2.05, 4.69) is 5.32 Å². The lowest BCUT2D eigenvalue weighted by Crippen LogP contribution is -2.24. The van der Waals surface area contributed by atoms with Crippen LogP contribution >= 0.6 is 0 Å². The number of anilines is 1. The summed E-state index contributed by atoms with van der Waals surface area (Å²) in [6.07, 6.45) is 0.219. The van der Waals surface area contributed by atoms with Gasteiger partial charge in [-0.3, -0.25) is 14.9 Å². The van der Waals surface area contributed by atoms with Gasteiger partial charge in [-0.05, 0) is 25.5 Å². The number of aryl methyl sites for hydroxylation is 1. The second kappa shape index (κ2) is 5.40. The van der Waals surface area contributed by atoms with Crippen LogP contribution in [0.1, 0.15) is 18.9 Å². The Morgan fingerprint density at radius 3 is 2.71 bits per heavy atom. The van der Waals surface area contributed by atoms with Gasteiger partial charge in [0.25, 0.3) is 5.69 Å². The highest BCUT2D eigenvalue weighted by Crippen LogP contribution is 2.21. The minimum absolute atomic E-state index is 0.00712. The largest absolute Gasteiger partial charge is 0.327 e. The fourth-order valence-electron chi connectivity index (χ4n) is 1.40. The van der Waals surface area contributed by atoms with Crippen molar-refractivity contribution in [2.45, 2.75) is 26.3 Å². The number of benzene rings is 1. The molecule has 1 amide bonds. The maximum absolute atomic E-state index is 11.5. The van der Waals surface area contributed by atoms with E-state index in [0.717, 1.165) is 0 Å². The van der Waals surface area contributed by atoms with Crippen LogP contribution in [0.2, 0.25) is 0 Å². The molecule has 0 aliphatic heterocycles. The molecule has 92 valence electrons. The number of non-ortho nitro benzene ring substituents is 1. The van der Waals surface area contributed by atoms with Crippen molar-refractivity contribution < 1.29 is 9.72 Å². The Morgan fingerprint density at radius 2 is 2.24 bits per heavy atom. The molecule has 0 saturated heterocycles. The van der Waals surface area contributed by atoms with Crippen molar-refractivity contribution in [2.24, 2.45) is 5.73 Å². The molecule has 1 atom stereocenters. The minimum atomic E-state index is -0.472. The van der Waals surface area contributed by atoms with Crippen molar-refractivity contribution in [3.8, 4) is 0 Å². The van der Waals surface area contributed by atoms with Crippen LogP contribution in [0.3, 0.4) is 0 Å². The summed E-state index contributed by atoms with van der Waals surface area (Å²) in [4.78, 5) is 21.5. The van der Waals surface area contributed by atoms with Crippen LogP contribution in [-0.2, 0) is 4.79 Å². The standard InChI is InChI=1S/C11H15N3O3/c1-7-5-9(14(16)17)3-4-10(7)13-11(15)6-8(2)12/h3-5,8H,6,12H2,1-2H3,(H,13,15). The molecule has 1 rings (SSSR count). The second-order valence-corrected chi connectivity index (χ2v) is 3.99. The molecule has 0 radical (unpaired) electrons. The van der Waals surface area contributed by atoms with Crippen LogP contribution in [0.5, 0.6) is 0 Å². The van der Waals surface area contributed by atoms with Gasteiger partial charge in [-0.25, -0.2) is 0 Å². The number of nitrogens with zero attached hydrogens (tertiary/aromatic N) is 1. The van der Waals surface area contributed by atoms with Crippen LogP contribution in [0.4, 0.5) is 11.4 Å². The van der Waals surface area contributed by atoms with E-state index >= 15 is 0 Å². The number of hydrogen-bond donors (Lipinski definition) is 2. The molecule has 0 bridgehead atoms. The zero-order chi connectivity index (χ0) is 13.0. The van der Waals surface area contributed by atoms with Gasteiger partial charge in [-0.1, -0.05) is 0 Å². The molecule has 0 aliphatic carbocycles. The molecule has 3 N–H and O–H groups in total. The highest BCUT2D eigenvalue weighted by molar-refractivity contribution is 5.91. The molecule has 6 nitrogen and oxygen atoms in total. The van der Waals surface area contributed by atoms with Gasteiger partial charge in [0.05, 0.1) is 4.92 Å². The zero-order valence-electron chi connectivity index (χ0n) is 9.77. The second-order valence-electron chi connectivity index (χ2n) is 3.99. The van der Waals surface area contributed by atoms with Gasteiger partial charge >= 0.3 is 0 Å². The van der Waals surface area contributed by atoms with Crippen molar-refractivity contribution in [1.82, 2.24) is 0 Å². The number of hydrogen-bond acceptors (Lipinski definition) is 4. The van der Waals surface area contributed by atoms with E-state index in [0.29, 0.717) is 11.3 Å². The number of amides is 1. The summed E-state index contributed by atoms with van der Waals surface area (Å²) in [7, 11) is 0. The molecule has 1 unspecified atom stereocenters. The van der Waals surface area contributed by atoms with Gasteiger partial charge in [0.15, 0.2) is 0 Å². The van der Waals surface area contributed by atoms with E-state index < -0.39 is 4.92 Å². The Hall–Kier alpha value is -1.95. The number of nitrogens with one attached hydrogen (secondary N) is 1. The molecule has 1 aromatic rings. The molecule has 0 aliphatic rings. The molecule has 1 aromatic carbocycles. The number of nitro benzene ring substituents is 1. The number of carbonyl (C=O) groups excluding carboxylic acids is 1. The predicted molar refractivity (Wildman–Crippen MR) is 64.7 cm³/mol. The summed E-state index contributed by atoms with van der Waals surface area (Å²) in [5.41, 5.74) is 6.73. The molecule has 0 heterocycles. The molecule has 0 spiro atoms. The Kier molecular flexibility index (Phi) is 4.17. The Balaban J connectivity index is 2.79. The molecule has 6 heteroatoms. The lowest BCUT2D eigenvalue weighted by Gasteiger charge is -2.09. The zero-order valence-corrected chi connectivity index (χ0v) is 9.77. The summed E-state index contributed by atoms with van der Waals surface area (Å²) in [5.74, 6) is -0.197. The first-order valence-electron chi connectivity index (χ1n) is 5.20. The molecule has 0 fully saturated rings. The molecular weight excluding hydrogens is 222 g/mol. The first-order valence-corrected chi connectivity index (χ1v) is 5.20. The minimum Gasteiger partial charge on any atom is -0.327 e.